The van der Waals surface area contributed by atoms with Gasteiger partial charge in [0.2, 0.25) is 0 Å². The molecule has 1 aromatic carbocycles. The van der Waals surface area contributed by atoms with E-state index in [2.05, 4.69) is 4.74 Å². The van der Waals surface area contributed by atoms with Gasteiger partial charge in [0.15, 0.2) is 11.9 Å². The largest absolute Gasteiger partial charge is 0.467 e. The molecule has 0 aromatic heterocycles. The Kier molecular flexibility index (Phi) is 4.93. The quantitative estimate of drug-likeness (QED) is 0.676. The smallest absolute Gasteiger partial charge is 0.335 e. The van der Waals surface area contributed by atoms with Crippen molar-refractivity contribution in [1.82, 2.24) is 0 Å². The lowest BCUT2D eigenvalue weighted by atomic mass is 10.1. The van der Waals surface area contributed by atoms with Crippen LogP contribution in [0.2, 0.25) is 10.0 Å². The highest BCUT2D eigenvalue weighted by atomic mass is 35.5. The fourth-order valence-electron chi connectivity index (χ4n) is 1.18. The van der Waals surface area contributed by atoms with Crippen molar-refractivity contribution in [3.63, 3.8) is 0 Å². The van der Waals surface area contributed by atoms with E-state index in [9.17, 15) is 14.7 Å². The van der Waals surface area contributed by atoms with E-state index in [0.717, 1.165) is 7.11 Å². The predicted molar refractivity (Wildman–Crippen MR) is 63.4 cm³/mol. The average molecular weight is 277 g/mol. The molecule has 0 saturated carbocycles. The van der Waals surface area contributed by atoms with E-state index in [1.807, 2.05) is 0 Å². The molecule has 0 unspecified atom stereocenters. The van der Waals surface area contributed by atoms with Gasteiger partial charge in [-0.1, -0.05) is 23.2 Å². The number of esters is 1. The molecule has 0 fully saturated rings. The maximum Gasteiger partial charge on any atom is 0.335 e. The Morgan fingerprint density at radius 1 is 1.35 bits per heavy atom. The van der Waals surface area contributed by atoms with Gasteiger partial charge in [0.05, 0.1) is 17.2 Å². The van der Waals surface area contributed by atoms with Crippen LogP contribution >= 0.6 is 23.2 Å². The van der Waals surface area contributed by atoms with Gasteiger partial charge in [-0.3, -0.25) is 4.79 Å². The maximum atomic E-state index is 11.7. The molecule has 1 N–H and O–H groups in total. The Morgan fingerprint density at radius 3 is 2.53 bits per heavy atom. The van der Waals surface area contributed by atoms with E-state index < -0.39 is 17.9 Å². The summed E-state index contributed by atoms with van der Waals surface area (Å²) in [6.07, 6.45) is -1.83. The lowest BCUT2D eigenvalue weighted by Crippen LogP contribution is -2.24. The minimum atomic E-state index is -1.47. The van der Waals surface area contributed by atoms with Gasteiger partial charge in [0.1, 0.15) is 0 Å². The highest BCUT2D eigenvalue weighted by molar-refractivity contribution is 6.42. The number of aliphatic hydroxyl groups is 1. The molecule has 0 spiro atoms. The standard InChI is InChI=1S/C11H10Cl2O4/c1-17-11(16)10(15)5-9(14)6-2-3-7(12)8(13)4-6/h2-4,10,15H,5H2,1H3/t10-/m0/s1. The molecule has 1 aromatic rings. The molecule has 0 heterocycles. The summed E-state index contributed by atoms with van der Waals surface area (Å²) in [6, 6.07) is 4.33. The molecule has 1 atom stereocenters. The first-order valence-corrected chi connectivity index (χ1v) is 5.45. The third-order valence-corrected chi connectivity index (χ3v) is 2.83. The molecule has 0 bridgehead atoms. The molecule has 92 valence electrons. The van der Waals surface area contributed by atoms with Crippen LogP contribution in [-0.4, -0.2) is 30.1 Å². The van der Waals surface area contributed by atoms with E-state index in [0.29, 0.717) is 5.02 Å². The SMILES string of the molecule is COC(=O)[C@@H](O)CC(=O)c1ccc(Cl)c(Cl)c1. The van der Waals surface area contributed by atoms with Crippen molar-refractivity contribution in [3.05, 3.63) is 33.8 Å². The minimum absolute atomic E-state index is 0.241. The number of hydrogen-bond donors (Lipinski definition) is 1. The lowest BCUT2D eigenvalue weighted by Gasteiger charge is -2.07. The molecule has 0 aliphatic rings. The van der Waals surface area contributed by atoms with Crippen molar-refractivity contribution in [2.45, 2.75) is 12.5 Å². The fraction of sp³-hybridized carbons (Fsp3) is 0.273. The van der Waals surface area contributed by atoms with Crippen molar-refractivity contribution >= 4 is 35.0 Å². The molecule has 1 rings (SSSR count). The molecular weight excluding hydrogens is 267 g/mol. The second-order valence-electron chi connectivity index (χ2n) is 3.30. The Bertz CT molecular complexity index is 445. The van der Waals surface area contributed by atoms with Gasteiger partial charge in [-0.2, -0.15) is 0 Å². The van der Waals surface area contributed by atoms with Gasteiger partial charge in [-0.15, -0.1) is 0 Å². The summed E-state index contributed by atoms with van der Waals surface area (Å²) in [6.45, 7) is 0. The van der Waals surface area contributed by atoms with Crippen LogP contribution in [0.5, 0.6) is 0 Å². The van der Waals surface area contributed by atoms with Crippen LogP contribution in [0.15, 0.2) is 18.2 Å². The highest BCUT2D eigenvalue weighted by Crippen LogP contribution is 2.23. The number of methoxy groups -OCH3 is 1. The summed E-state index contributed by atoms with van der Waals surface area (Å²) in [5.74, 6) is -1.26. The molecule has 0 amide bonds. The van der Waals surface area contributed by atoms with E-state index in [4.69, 9.17) is 23.2 Å². The highest BCUT2D eigenvalue weighted by Gasteiger charge is 2.20. The van der Waals surface area contributed by atoms with Crippen molar-refractivity contribution in [2.24, 2.45) is 0 Å². The number of carbonyl (C=O) groups is 2. The third kappa shape index (κ3) is 3.70. The Morgan fingerprint density at radius 2 is 2.00 bits per heavy atom. The first-order valence-electron chi connectivity index (χ1n) is 4.70. The Labute approximate surface area is 108 Å². The lowest BCUT2D eigenvalue weighted by molar-refractivity contribution is -0.150. The van der Waals surface area contributed by atoms with Crippen LogP contribution in [-0.2, 0) is 9.53 Å². The number of halogens is 2. The van der Waals surface area contributed by atoms with Crippen LogP contribution in [0, 0.1) is 0 Å². The predicted octanol–water partition coefficient (Wildman–Crippen LogP) is 2.10. The second-order valence-corrected chi connectivity index (χ2v) is 4.11. The summed E-state index contributed by atoms with van der Waals surface area (Å²) in [5.41, 5.74) is 0.280. The molecule has 0 aliphatic carbocycles. The van der Waals surface area contributed by atoms with Crippen molar-refractivity contribution in [1.29, 1.82) is 0 Å². The van der Waals surface area contributed by atoms with E-state index in [1.165, 1.54) is 18.2 Å². The summed E-state index contributed by atoms with van der Waals surface area (Å²) >= 11 is 11.4. The summed E-state index contributed by atoms with van der Waals surface area (Å²) in [4.78, 5) is 22.6. The average Bonchev–Trinajstić information content (AvgIpc) is 2.31. The molecule has 0 aliphatic heterocycles. The van der Waals surface area contributed by atoms with Gasteiger partial charge in [0.25, 0.3) is 0 Å². The van der Waals surface area contributed by atoms with Gasteiger partial charge in [-0.25, -0.2) is 4.79 Å². The van der Waals surface area contributed by atoms with Crippen LogP contribution < -0.4 is 0 Å². The van der Waals surface area contributed by atoms with E-state index >= 15 is 0 Å². The zero-order valence-electron chi connectivity index (χ0n) is 8.94. The topological polar surface area (TPSA) is 63.6 Å². The first-order chi connectivity index (χ1) is 7.95. The Hall–Kier alpha value is -1.10. The van der Waals surface area contributed by atoms with Crippen LogP contribution in [0.1, 0.15) is 16.8 Å². The van der Waals surface area contributed by atoms with Crippen molar-refractivity contribution < 1.29 is 19.4 Å². The van der Waals surface area contributed by atoms with Gasteiger partial charge in [-0.05, 0) is 18.2 Å². The number of rotatable bonds is 4. The summed E-state index contributed by atoms with van der Waals surface area (Å²) in [5, 5.41) is 9.89. The van der Waals surface area contributed by atoms with Crippen molar-refractivity contribution in [2.75, 3.05) is 7.11 Å². The van der Waals surface area contributed by atoms with Gasteiger partial charge in [0, 0.05) is 12.0 Å². The van der Waals surface area contributed by atoms with Crippen LogP contribution in [0.3, 0.4) is 0 Å². The number of ketones is 1. The number of carbonyl (C=O) groups excluding carboxylic acids is 2. The molecular formula is C11H10Cl2O4. The number of aliphatic hydroxyl groups excluding tert-OH is 1. The zero-order valence-corrected chi connectivity index (χ0v) is 10.5. The second kappa shape index (κ2) is 6.00. The molecule has 0 radical (unpaired) electrons. The van der Waals surface area contributed by atoms with E-state index in [-0.39, 0.29) is 17.0 Å². The monoisotopic (exact) mass is 276 g/mol. The van der Waals surface area contributed by atoms with Crippen molar-refractivity contribution in [3.8, 4) is 0 Å². The summed E-state index contributed by atoms with van der Waals surface area (Å²) < 4.78 is 4.30. The first kappa shape index (κ1) is 14.0. The van der Waals surface area contributed by atoms with Gasteiger partial charge < -0.3 is 9.84 Å². The number of benzene rings is 1. The fourth-order valence-corrected chi connectivity index (χ4v) is 1.48. The van der Waals surface area contributed by atoms with E-state index in [1.54, 1.807) is 0 Å². The molecule has 17 heavy (non-hydrogen) atoms. The maximum absolute atomic E-state index is 11.7. The molecule has 0 saturated heterocycles. The zero-order chi connectivity index (χ0) is 13.0. The molecule has 6 heteroatoms. The Balaban J connectivity index is 2.76. The molecule has 4 nitrogen and oxygen atoms in total. The van der Waals surface area contributed by atoms with Crippen LogP contribution in [0.4, 0.5) is 0 Å². The third-order valence-electron chi connectivity index (χ3n) is 2.09. The normalized spacial score (nSPS) is 12.0. The number of hydrogen-bond acceptors (Lipinski definition) is 4. The number of Topliss-reactive ketones (excluding diaryl/α,β-unsaturated/α-hetero) is 1. The summed E-state index contributed by atoms with van der Waals surface area (Å²) in [7, 11) is 1.13. The minimum Gasteiger partial charge on any atom is -0.467 e. The number of ether oxygens (including phenoxy) is 1. The van der Waals surface area contributed by atoms with Crippen LogP contribution in [0.25, 0.3) is 0 Å². The van der Waals surface area contributed by atoms with Gasteiger partial charge >= 0.3 is 5.97 Å².